The Hall–Kier alpha value is 1.20. The van der Waals surface area contributed by atoms with Crippen molar-refractivity contribution in [3.05, 3.63) is 0 Å². The SMILES string of the molecule is Cl.Cl.NCCS.NCCS. The summed E-state index contributed by atoms with van der Waals surface area (Å²) >= 11 is 7.59. The lowest BCUT2D eigenvalue weighted by molar-refractivity contribution is 1.16. The van der Waals surface area contributed by atoms with Gasteiger partial charge in [0.15, 0.2) is 0 Å². The zero-order chi connectivity index (χ0) is 6.83. The van der Waals surface area contributed by atoms with E-state index in [-0.39, 0.29) is 24.8 Å². The largest absolute Gasteiger partial charge is 0.330 e. The molecule has 10 heavy (non-hydrogen) atoms. The maximum Gasteiger partial charge on any atom is 0.00255 e. The molecule has 0 aliphatic carbocycles. The van der Waals surface area contributed by atoms with E-state index in [2.05, 4.69) is 25.3 Å². The molecule has 0 aromatic heterocycles. The first kappa shape index (κ1) is 22.5. The van der Waals surface area contributed by atoms with E-state index >= 15 is 0 Å². The van der Waals surface area contributed by atoms with Gasteiger partial charge < -0.3 is 11.5 Å². The molecule has 2 nitrogen and oxygen atoms in total. The molecule has 0 unspecified atom stereocenters. The van der Waals surface area contributed by atoms with E-state index in [0.29, 0.717) is 13.1 Å². The Balaban J connectivity index is -0.0000000300. The van der Waals surface area contributed by atoms with Crippen LogP contribution in [0.5, 0.6) is 0 Å². The number of hydrogen-bond donors (Lipinski definition) is 4. The molecule has 0 aromatic carbocycles. The normalized spacial score (nSPS) is 6.00. The first-order valence-electron chi connectivity index (χ1n) is 2.45. The van der Waals surface area contributed by atoms with Crippen molar-refractivity contribution in [3.63, 3.8) is 0 Å². The van der Waals surface area contributed by atoms with Gasteiger partial charge in [0.05, 0.1) is 0 Å². The van der Waals surface area contributed by atoms with Gasteiger partial charge in [-0.05, 0) is 0 Å². The summed E-state index contributed by atoms with van der Waals surface area (Å²) in [7, 11) is 0. The van der Waals surface area contributed by atoms with Crippen LogP contribution in [-0.4, -0.2) is 24.6 Å². The Kier molecular flexibility index (Phi) is 71.8. The second-order valence-electron chi connectivity index (χ2n) is 1.02. The summed E-state index contributed by atoms with van der Waals surface area (Å²) in [6.45, 7) is 1.37. The van der Waals surface area contributed by atoms with Crippen LogP contribution < -0.4 is 11.5 Å². The van der Waals surface area contributed by atoms with E-state index in [0.717, 1.165) is 11.5 Å². The molecule has 0 aliphatic heterocycles. The molecule has 0 saturated heterocycles. The van der Waals surface area contributed by atoms with E-state index in [4.69, 9.17) is 11.5 Å². The number of halogens is 2. The number of thiol groups is 2. The highest BCUT2D eigenvalue weighted by atomic mass is 35.5. The number of nitrogens with two attached hydrogens (primary N) is 2. The molecular formula is C4H16Cl2N2S2. The third-order valence-corrected chi connectivity index (χ3v) is 0.775. The van der Waals surface area contributed by atoms with Crippen molar-refractivity contribution in [1.29, 1.82) is 0 Å². The molecule has 0 rings (SSSR count). The average Bonchev–Trinajstić information content (AvgIpc) is 1.88. The third kappa shape index (κ3) is 60.4. The first-order valence-corrected chi connectivity index (χ1v) is 3.71. The Morgan fingerprint density at radius 1 is 0.800 bits per heavy atom. The molecule has 68 valence electrons. The van der Waals surface area contributed by atoms with Gasteiger partial charge in [0.2, 0.25) is 0 Å². The molecule has 0 atom stereocenters. The van der Waals surface area contributed by atoms with E-state index in [1.54, 1.807) is 0 Å². The summed E-state index contributed by atoms with van der Waals surface area (Å²) in [6.07, 6.45) is 0. The van der Waals surface area contributed by atoms with Crippen LogP contribution in [0.4, 0.5) is 0 Å². The van der Waals surface area contributed by atoms with Crippen molar-refractivity contribution < 1.29 is 0 Å². The zero-order valence-corrected chi connectivity index (χ0v) is 9.12. The van der Waals surface area contributed by atoms with Crippen LogP contribution in [0.25, 0.3) is 0 Å². The smallest absolute Gasteiger partial charge is 0.00255 e. The predicted octanol–water partition coefficient (Wildman–Crippen LogP) is 0.593. The van der Waals surface area contributed by atoms with Gasteiger partial charge in [-0.2, -0.15) is 25.3 Å². The van der Waals surface area contributed by atoms with Crippen LogP contribution >= 0.6 is 50.1 Å². The lowest BCUT2D eigenvalue weighted by Crippen LogP contribution is -1.97. The Morgan fingerprint density at radius 2 is 0.900 bits per heavy atom. The Morgan fingerprint density at radius 3 is 0.900 bits per heavy atom. The topological polar surface area (TPSA) is 52.0 Å². The van der Waals surface area contributed by atoms with Crippen molar-refractivity contribution in [1.82, 2.24) is 0 Å². The van der Waals surface area contributed by atoms with Crippen molar-refractivity contribution >= 4 is 50.1 Å². The molecule has 0 spiro atoms. The maximum absolute atomic E-state index is 4.95. The van der Waals surface area contributed by atoms with Crippen molar-refractivity contribution in [2.75, 3.05) is 24.6 Å². The van der Waals surface area contributed by atoms with Crippen LogP contribution in [0, 0.1) is 0 Å². The van der Waals surface area contributed by atoms with Gasteiger partial charge in [0, 0.05) is 24.6 Å². The molecule has 6 heteroatoms. The highest BCUT2D eigenvalue weighted by molar-refractivity contribution is 7.80. The molecule has 0 heterocycles. The molecule has 0 fully saturated rings. The van der Waals surface area contributed by atoms with Gasteiger partial charge >= 0.3 is 0 Å². The van der Waals surface area contributed by atoms with E-state index in [1.165, 1.54) is 0 Å². The second kappa shape index (κ2) is 31.9. The standard InChI is InChI=1S/2C2H7NS.2ClH/c2*3-1-2-4;;/h2*4H,1-3H2;2*1H. The van der Waals surface area contributed by atoms with Crippen LogP contribution in [-0.2, 0) is 0 Å². The predicted molar refractivity (Wildman–Crippen MR) is 60.3 cm³/mol. The highest BCUT2D eigenvalue weighted by Crippen LogP contribution is 1.59. The number of hydrogen-bond acceptors (Lipinski definition) is 4. The van der Waals surface area contributed by atoms with Gasteiger partial charge in [-0.15, -0.1) is 24.8 Å². The molecule has 0 aliphatic rings. The van der Waals surface area contributed by atoms with Gasteiger partial charge in [-0.1, -0.05) is 0 Å². The molecule has 0 radical (unpaired) electrons. The van der Waals surface area contributed by atoms with Crippen LogP contribution in [0.15, 0.2) is 0 Å². The van der Waals surface area contributed by atoms with Crippen LogP contribution in [0.3, 0.4) is 0 Å². The lowest BCUT2D eigenvalue weighted by atomic mass is 10.8. The van der Waals surface area contributed by atoms with Gasteiger partial charge in [0.1, 0.15) is 0 Å². The zero-order valence-electron chi connectivity index (χ0n) is 5.69. The van der Waals surface area contributed by atoms with E-state index in [1.807, 2.05) is 0 Å². The highest BCUT2D eigenvalue weighted by Gasteiger charge is 1.56. The minimum atomic E-state index is 0. The van der Waals surface area contributed by atoms with Crippen LogP contribution in [0.1, 0.15) is 0 Å². The summed E-state index contributed by atoms with van der Waals surface area (Å²) in [5.41, 5.74) is 9.90. The number of rotatable bonds is 2. The summed E-state index contributed by atoms with van der Waals surface area (Å²) < 4.78 is 0. The molecule has 0 amide bonds. The second-order valence-corrected chi connectivity index (χ2v) is 1.92. The first-order chi connectivity index (χ1) is 3.83. The fraction of sp³-hybridized carbons (Fsp3) is 1.00. The average molecular weight is 227 g/mol. The summed E-state index contributed by atoms with van der Waals surface area (Å²) in [4.78, 5) is 0. The fourth-order valence-corrected chi connectivity index (χ4v) is 0. The van der Waals surface area contributed by atoms with E-state index in [9.17, 15) is 0 Å². The van der Waals surface area contributed by atoms with Crippen molar-refractivity contribution in [2.24, 2.45) is 11.5 Å². The Bertz CT molecular complexity index is 27.2. The Labute approximate surface area is 86.1 Å². The summed E-state index contributed by atoms with van der Waals surface area (Å²) in [5.74, 6) is 1.58. The maximum atomic E-state index is 4.95. The molecule has 0 aromatic rings. The lowest BCUT2D eigenvalue weighted by Gasteiger charge is -1.69. The van der Waals surface area contributed by atoms with Crippen molar-refractivity contribution in [3.8, 4) is 0 Å². The van der Waals surface area contributed by atoms with Crippen LogP contribution in [0.2, 0.25) is 0 Å². The summed E-state index contributed by atoms with van der Waals surface area (Å²) in [5, 5.41) is 0. The van der Waals surface area contributed by atoms with Gasteiger partial charge in [-0.3, -0.25) is 0 Å². The quantitative estimate of drug-likeness (QED) is 0.522. The van der Waals surface area contributed by atoms with Gasteiger partial charge in [0.25, 0.3) is 0 Å². The summed E-state index contributed by atoms with van der Waals surface area (Å²) in [6, 6.07) is 0. The molecule has 4 N–H and O–H groups in total. The molecule has 0 saturated carbocycles. The minimum absolute atomic E-state index is 0. The minimum Gasteiger partial charge on any atom is -0.330 e. The van der Waals surface area contributed by atoms with Gasteiger partial charge in [-0.25, -0.2) is 0 Å². The third-order valence-electron chi connectivity index (χ3n) is 0.258. The monoisotopic (exact) mass is 226 g/mol. The van der Waals surface area contributed by atoms with Crippen molar-refractivity contribution in [2.45, 2.75) is 0 Å². The molecular weight excluding hydrogens is 211 g/mol. The fourth-order valence-electron chi connectivity index (χ4n) is 0. The van der Waals surface area contributed by atoms with E-state index < -0.39 is 0 Å². The molecule has 0 bridgehead atoms.